The predicted molar refractivity (Wildman–Crippen MR) is 79.7 cm³/mol. The van der Waals surface area contributed by atoms with Crippen molar-refractivity contribution in [2.45, 2.75) is 13.8 Å². The van der Waals surface area contributed by atoms with Gasteiger partial charge in [-0.3, -0.25) is 4.40 Å². The van der Waals surface area contributed by atoms with Crippen molar-refractivity contribution < 1.29 is 0 Å². The van der Waals surface area contributed by atoms with Crippen molar-refractivity contribution in [2.75, 3.05) is 0 Å². The smallest absolute Gasteiger partial charge is 0.138 e. The molecule has 2 heteroatoms. The van der Waals surface area contributed by atoms with Crippen LogP contribution in [0.5, 0.6) is 0 Å². The van der Waals surface area contributed by atoms with Gasteiger partial charge in [0.2, 0.25) is 0 Å². The summed E-state index contributed by atoms with van der Waals surface area (Å²) in [4.78, 5) is 4.73. The van der Waals surface area contributed by atoms with E-state index in [0.29, 0.717) is 0 Å². The number of hydrogen-bond donors (Lipinski definition) is 0. The predicted octanol–water partition coefficient (Wildman–Crippen LogP) is 4.26. The number of nitrogens with zero attached hydrogens (tertiary/aromatic N) is 2. The summed E-state index contributed by atoms with van der Waals surface area (Å²) in [5.74, 6) is 0. The van der Waals surface area contributed by atoms with Crippen molar-refractivity contribution in [3.63, 3.8) is 0 Å². The Bertz CT molecular complexity index is 932. The third-order valence-corrected chi connectivity index (χ3v) is 3.75. The average molecular weight is 246 g/mol. The Labute approximate surface area is 111 Å². The minimum Gasteiger partial charge on any atom is -0.292 e. The van der Waals surface area contributed by atoms with Crippen LogP contribution in [0.2, 0.25) is 0 Å². The van der Waals surface area contributed by atoms with Crippen LogP contribution in [0.25, 0.3) is 27.6 Å². The van der Waals surface area contributed by atoms with E-state index < -0.39 is 0 Å². The molecule has 4 aromatic rings. The average Bonchev–Trinajstić information content (AvgIpc) is 2.76. The largest absolute Gasteiger partial charge is 0.292 e. The van der Waals surface area contributed by atoms with E-state index >= 15 is 0 Å². The minimum absolute atomic E-state index is 1.02. The summed E-state index contributed by atoms with van der Waals surface area (Å²) >= 11 is 0. The number of imidazole rings is 1. The van der Waals surface area contributed by atoms with Gasteiger partial charge in [-0.05, 0) is 49.2 Å². The van der Waals surface area contributed by atoms with Gasteiger partial charge >= 0.3 is 0 Å². The van der Waals surface area contributed by atoms with E-state index in [0.717, 1.165) is 11.2 Å². The molecule has 92 valence electrons. The summed E-state index contributed by atoms with van der Waals surface area (Å²) in [5.41, 5.74) is 7.03. The molecule has 0 fully saturated rings. The third kappa shape index (κ3) is 1.40. The van der Waals surface area contributed by atoms with Crippen LogP contribution in [0.4, 0.5) is 0 Å². The third-order valence-electron chi connectivity index (χ3n) is 3.75. The Hall–Kier alpha value is -2.35. The molecule has 0 amide bonds. The number of benzene rings is 2. The van der Waals surface area contributed by atoms with Crippen molar-refractivity contribution in [1.82, 2.24) is 9.38 Å². The second kappa shape index (κ2) is 3.58. The molecule has 0 aliphatic carbocycles. The van der Waals surface area contributed by atoms with E-state index in [4.69, 9.17) is 4.98 Å². The molecule has 19 heavy (non-hydrogen) atoms. The SMILES string of the molecule is Cc1ccc2nc3cc(C)c4ccccc4n3c2c1. The lowest BCUT2D eigenvalue weighted by Crippen LogP contribution is -1.90. The highest BCUT2D eigenvalue weighted by Gasteiger charge is 2.09. The van der Waals surface area contributed by atoms with Crippen LogP contribution in [0.1, 0.15) is 11.1 Å². The molecule has 0 spiro atoms. The zero-order chi connectivity index (χ0) is 13.0. The van der Waals surface area contributed by atoms with Crippen LogP contribution in [-0.2, 0) is 0 Å². The Morgan fingerprint density at radius 1 is 0.895 bits per heavy atom. The molecule has 2 nitrogen and oxygen atoms in total. The van der Waals surface area contributed by atoms with Gasteiger partial charge in [0.05, 0.1) is 16.6 Å². The first-order valence-corrected chi connectivity index (χ1v) is 6.51. The lowest BCUT2D eigenvalue weighted by atomic mass is 10.1. The van der Waals surface area contributed by atoms with Gasteiger partial charge < -0.3 is 0 Å². The van der Waals surface area contributed by atoms with Crippen LogP contribution in [-0.4, -0.2) is 9.38 Å². The topological polar surface area (TPSA) is 17.3 Å². The number of pyridine rings is 1. The molecule has 0 saturated carbocycles. The quantitative estimate of drug-likeness (QED) is 0.453. The van der Waals surface area contributed by atoms with Crippen molar-refractivity contribution in [2.24, 2.45) is 0 Å². The van der Waals surface area contributed by atoms with E-state index in [9.17, 15) is 0 Å². The zero-order valence-corrected chi connectivity index (χ0v) is 11.0. The van der Waals surface area contributed by atoms with E-state index in [2.05, 4.69) is 66.8 Å². The Kier molecular flexibility index (Phi) is 1.99. The second-order valence-corrected chi connectivity index (χ2v) is 5.14. The van der Waals surface area contributed by atoms with E-state index in [1.165, 1.54) is 27.5 Å². The zero-order valence-electron chi connectivity index (χ0n) is 11.0. The van der Waals surface area contributed by atoms with Gasteiger partial charge in [-0.15, -0.1) is 0 Å². The van der Waals surface area contributed by atoms with Gasteiger partial charge in [-0.1, -0.05) is 24.3 Å². The van der Waals surface area contributed by atoms with Crippen LogP contribution in [0.3, 0.4) is 0 Å². The Morgan fingerprint density at radius 2 is 1.74 bits per heavy atom. The highest BCUT2D eigenvalue weighted by Crippen LogP contribution is 2.26. The molecule has 0 N–H and O–H groups in total. The van der Waals surface area contributed by atoms with Crippen molar-refractivity contribution in [1.29, 1.82) is 0 Å². The number of rotatable bonds is 0. The first-order chi connectivity index (χ1) is 9.24. The molecule has 2 heterocycles. The molecule has 0 saturated heterocycles. The maximum absolute atomic E-state index is 4.73. The number of aromatic nitrogens is 2. The fourth-order valence-corrected chi connectivity index (χ4v) is 2.83. The molecule has 0 radical (unpaired) electrons. The minimum atomic E-state index is 1.02. The van der Waals surface area contributed by atoms with Crippen LogP contribution < -0.4 is 0 Å². The number of para-hydroxylation sites is 1. The summed E-state index contributed by atoms with van der Waals surface area (Å²) in [7, 11) is 0. The Morgan fingerprint density at radius 3 is 2.63 bits per heavy atom. The maximum Gasteiger partial charge on any atom is 0.138 e. The van der Waals surface area contributed by atoms with Gasteiger partial charge in [0.15, 0.2) is 0 Å². The summed E-state index contributed by atoms with van der Waals surface area (Å²) in [6.45, 7) is 4.27. The number of fused-ring (bicyclic) bond motifs is 5. The van der Waals surface area contributed by atoms with Gasteiger partial charge in [-0.2, -0.15) is 0 Å². The lowest BCUT2D eigenvalue weighted by Gasteiger charge is -2.06. The van der Waals surface area contributed by atoms with Gasteiger partial charge in [0.25, 0.3) is 0 Å². The van der Waals surface area contributed by atoms with Gasteiger partial charge in [0, 0.05) is 5.39 Å². The van der Waals surface area contributed by atoms with E-state index in [1.807, 2.05) is 0 Å². The molecule has 0 atom stereocenters. The first-order valence-electron chi connectivity index (χ1n) is 6.51. The lowest BCUT2D eigenvalue weighted by molar-refractivity contribution is 1.28. The van der Waals surface area contributed by atoms with Crippen LogP contribution >= 0.6 is 0 Å². The van der Waals surface area contributed by atoms with Crippen molar-refractivity contribution >= 4 is 27.6 Å². The summed E-state index contributed by atoms with van der Waals surface area (Å²) in [5, 5.41) is 1.29. The fourth-order valence-electron chi connectivity index (χ4n) is 2.83. The maximum atomic E-state index is 4.73. The second-order valence-electron chi connectivity index (χ2n) is 5.14. The number of hydrogen-bond acceptors (Lipinski definition) is 1. The summed E-state index contributed by atoms with van der Waals surface area (Å²) in [6.07, 6.45) is 0. The standard InChI is InChI=1S/C17H14N2/c1-11-7-8-14-16(9-11)19-15-6-4-3-5-13(15)12(2)10-17(19)18-14/h3-10H,1-2H3. The van der Waals surface area contributed by atoms with Crippen LogP contribution in [0, 0.1) is 13.8 Å². The molecule has 2 aromatic heterocycles. The van der Waals surface area contributed by atoms with Crippen molar-refractivity contribution in [3.05, 3.63) is 59.7 Å². The molecule has 0 aliphatic heterocycles. The first kappa shape index (κ1) is 10.6. The molecule has 0 unspecified atom stereocenters. The monoisotopic (exact) mass is 246 g/mol. The molecule has 0 aliphatic rings. The van der Waals surface area contributed by atoms with Crippen LogP contribution in [0.15, 0.2) is 48.5 Å². The molecule has 2 aromatic carbocycles. The Balaban J connectivity index is 2.36. The molecular weight excluding hydrogens is 232 g/mol. The molecule has 0 bridgehead atoms. The highest BCUT2D eigenvalue weighted by atomic mass is 15.0. The normalized spacial score (nSPS) is 11.7. The summed E-state index contributed by atoms with van der Waals surface area (Å²) < 4.78 is 2.25. The number of aryl methyl sites for hydroxylation is 2. The van der Waals surface area contributed by atoms with Gasteiger partial charge in [0.1, 0.15) is 5.65 Å². The fraction of sp³-hybridized carbons (Fsp3) is 0.118. The summed E-state index contributed by atoms with van der Waals surface area (Å²) in [6, 6.07) is 17.1. The molecular formula is C17H14N2. The molecule has 4 rings (SSSR count). The van der Waals surface area contributed by atoms with Crippen molar-refractivity contribution in [3.8, 4) is 0 Å². The van der Waals surface area contributed by atoms with E-state index in [-0.39, 0.29) is 0 Å². The highest BCUT2D eigenvalue weighted by molar-refractivity contribution is 5.92. The van der Waals surface area contributed by atoms with E-state index in [1.54, 1.807) is 0 Å². The van der Waals surface area contributed by atoms with Gasteiger partial charge in [-0.25, -0.2) is 4.98 Å².